The van der Waals surface area contributed by atoms with Gasteiger partial charge in [0.1, 0.15) is 29.7 Å². The molecule has 0 aromatic rings. The lowest BCUT2D eigenvalue weighted by molar-refractivity contribution is -0.320. The van der Waals surface area contributed by atoms with Crippen molar-refractivity contribution in [3.63, 3.8) is 0 Å². The fraction of sp³-hybridized carbons (Fsp3) is 0.949. The van der Waals surface area contributed by atoms with Crippen LogP contribution in [0.5, 0.6) is 0 Å². The van der Waals surface area contributed by atoms with Crippen molar-refractivity contribution < 1.29 is 67.9 Å². The Labute approximate surface area is 322 Å². The van der Waals surface area contributed by atoms with Crippen LogP contribution in [0.3, 0.4) is 0 Å². The Balaban J connectivity index is 2.24. The quantitative estimate of drug-likeness (QED) is 0.191. The first-order valence-corrected chi connectivity index (χ1v) is 19.6. The maximum absolute atomic E-state index is 14.2. The van der Waals surface area contributed by atoms with Crippen LogP contribution < -0.4 is 5.32 Å². The van der Waals surface area contributed by atoms with Gasteiger partial charge in [-0.15, -0.1) is 0 Å². The first kappa shape index (κ1) is 47.0. The third-order valence-corrected chi connectivity index (χ3v) is 12.4. The summed E-state index contributed by atoms with van der Waals surface area (Å²) in [4.78, 5) is 28.3. The molecule has 316 valence electrons. The Hall–Kier alpha value is -1.34. The molecule has 3 aliphatic heterocycles. The summed E-state index contributed by atoms with van der Waals surface area (Å²) < 4.78 is 50.5. The van der Waals surface area contributed by atoms with Crippen molar-refractivity contribution in [3.8, 4) is 0 Å². The van der Waals surface area contributed by atoms with Gasteiger partial charge in [0.05, 0.1) is 60.9 Å². The number of hydrogen-bond donors (Lipinski definition) is 5. The number of carbonyl (C=O) groups is 2. The van der Waals surface area contributed by atoms with Crippen LogP contribution in [0.1, 0.15) is 94.9 Å². The molecule has 15 heteroatoms. The summed E-state index contributed by atoms with van der Waals surface area (Å²) >= 11 is 0. The molecule has 15 nitrogen and oxygen atoms in total. The zero-order valence-electron chi connectivity index (χ0n) is 34.8. The number of aliphatic hydroxyl groups is 4. The van der Waals surface area contributed by atoms with Gasteiger partial charge in [-0.05, 0) is 67.9 Å². The summed E-state index contributed by atoms with van der Waals surface area (Å²) in [6.45, 7) is 16.9. The van der Waals surface area contributed by atoms with E-state index in [2.05, 4.69) is 5.32 Å². The van der Waals surface area contributed by atoms with Gasteiger partial charge in [0.15, 0.2) is 12.6 Å². The molecule has 0 aliphatic carbocycles. The van der Waals surface area contributed by atoms with E-state index in [9.17, 15) is 30.0 Å². The van der Waals surface area contributed by atoms with Crippen LogP contribution in [0.25, 0.3) is 0 Å². The number of methoxy groups -OCH3 is 2. The molecule has 0 spiro atoms. The molecule has 0 saturated carbocycles. The van der Waals surface area contributed by atoms with Crippen LogP contribution in [0.2, 0.25) is 0 Å². The number of nitrogens with one attached hydrogen (secondary N) is 1. The second-order valence-electron chi connectivity index (χ2n) is 16.6. The summed E-state index contributed by atoms with van der Waals surface area (Å²) in [5.74, 6) is -4.47. The minimum Gasteiger partial charge on any atom is -0.459 e. The number of cyclic esters (lactones) is 1. The van der Waals surface area contributed by atoms with Crippen LogP contribution in [-0.2, 0) is 47.5 Å². The number of esters is 1. The van der Waals surface area contributed by atoms with E-state index >= 15 is 0 Å². The summed E-state index contributed by atoms with van der Waals surface area (Å²) in [5, 5.41) is 47.1. The average molecular weight is 778 g/mol. The van der Waals surface area contributed by atoms with Crippen molar-refractivity contribution in [3.05, 3.63) is 0 Å². The van der Waals surface area contributed by atoms with Crippen molar-refractivity contribution in [2.45, 2.75) is 179 Å². The molecule has 3 rings (SSSR count). The second kappa shape index (κ2) is 19.4. The first-order chi connectivity index (χ1) is 25.2. The smallest absolute Gasteiger partial charge is 0.311 e. The molecule has 0 amide bonds. The van der Waals surface area contributed by atoms with Crippen molar-refractivity contribution in [2.24, 2.45) is 23.7 Å². The molecule has 0 aromatic carbocycles. The molecule has 3 saturated heterocycles. The van der Waals surface area contributed by atoms with E-state index in [1.165, 1.54) is 21.1 Å². The van der Waals surface area contributed by atoms with Gasteiger partial charge in [-0.3, -0.25) is 9.59 Å². The predicted octanol–water partition coefficient (Wildman–Crippen LogP) is 2.11. The summed E-state index contributed by atoms with van der Waals surface area (Å²) in [6, 6.07) is -0.203. The third kappa shape index (κ3) is 10.2. The van der Waals surface area contributed by atoms with Crippen molar-refractivity contribution in [1.29, 1.82) is 0 Å². The molecule has 54 heavy (non-hydrogen) atoms. The number of aliphatic hydroxyl groups excluding tert-OH is 3. The van der Waals surface area contributed by atoms with Gasteiger partial charge in [-0.25, -0.2) is 0 Å². The minimum atomic E-state index is -1.97. The number of ketones is 1. The van der Waals surface area contributed by atoms with E-state index in [1.807, 2.05) is 27.8 Å². The van der Waals surface area contributed by atoms with Crippen LogP contribution in [0.15, 0.2) is 0 Å². The average Bonchev–Trinajstić information content (AvgIpc) is 3.14. The maximum atomic E-state index is 14.2. The maximum Gasteiger partial charge on any atom is 0.311 e. The van der Waals surface area contributed by atoms with Gasteiger partial charge in [0.25, 0.3) is 0 Å². The molecular formula is C39H71NO14. The van der Waals surface area contributed by atoms with E-state index in [0.29, 0.717) is 6.42 Å². The Bertz CT molecular complexity index is 1210. The Morgan fingerprint density at radius 2 is 1.50 bits per heavy atom. The highest BCUT2D eigenvalue weighted by molar-refractivity contribution is 5.83. The van der Waals surface area contributed by atoms with Crippen LogP contribution in [0, 0.1) is 23.7 Å². The lowest BCUT2D eigenvalue weighted by Crippen LogP contribution is -2.62. The highest BCUT2D eigenvalue weighted by Gasteiger charge is 2.54. The Morgan fingerprint density at radius 3 is 2.06 bits per heavy atom. The van der Waals surface area contributed by atoms with E-state index < -0.39 is 102 Å². The Morgan fingerprint density at radius 1 is 0.870 bits per heavy atom. The topological polar surface area (TPSA) is 201 Å². The standard InChI is InChI=1S/C39H71NO14/c1-14-27-39(10,46)32(43)22(4)29(42)20(2)18-38(9,48-13)34(54-36-31(49-16-15-41)26(40-11)17-21(3)50-36)23(5)30(24(6)35(45)52-27)53-28-19-37(8,47-12)33(44)25(7)51-28/h20-28,30-34,36,40-41,43-44,46H,14-19H2,1-13H3/t20-,21-,22+,23+,24-,25+,26+,27-,28+,30+,31-,32-,33+,34-,36+,37-,38+,39-/m1/s1. The van der Waals surface area contributed by atoms with E-state index in [1.54, 1.807) is 41.5 Å². The normalized spacial score (nSPS) is 47.5. The lowest BCUT2D eigenvalue weighted by Gasteiger charge is -2.50. The Kier molecular flexibility index (Phi) is 16.9. The van der Waals surface area contributed by atoms with E-state index in [0.717, 1.165) is 0 Å². The zero-order chi connectivity index (χ0) is 40.9. The number of likely N-dealkylation sites (N-methyl/N-ethyl adjacent to an activating group) is 1. The fourth-order valence-corrected chi connectivity index (χ4v) is 8.75. The summed E-state index contributed by atoms with van der Waals surface area (Å²) in [7, 11) is 4.84. The molecule has 0 radical (unpaired) electrons. The summed E-state index contributed by atoms with van der Waals surface area (Å²) in [5.41, 5.74) is -4.25. The molecule has 3 aliphatic rings. The largest absolute Gasteiger partial charge is 0.459 e. The fourth-order valence-electron chi connectivity index (χ4n) is 8.75. The molecule has 0 unspecified atom stereocenters. The SMILES string of the molecule is CC[C@H]1OC(=O)[C@H](C)[C@@H](O[C@H]2C[C@@](C)(OC)[C@@H](O)[C@H](C)O2)[C@H](C)[C@@H](O[C@@H]2O[C@H](C)C[C@H](NC)[C@H]2OCCO)[C@@](C)(OC)C[C@@H](C)C(=O)[C@H](C)[C@@H](O)[C@]1(C)O. The van der Waals surface area contributed by atoms with Crippen molar-refractivity contribution in [2.75, 3.05) is 34.5 Å². The lowest BCUT2D eigenvalue weighted by atomic mass is 9.74. The van der Waals surface area contributed by atoms with Gasteiger partial charge in [0, 0.05) is 44.4 Å². The number of hydrogen-bond acceptors (Lipinski definition) is 15. The van der Waals surface area contributed by atoms with Gasteiger partial charge in [-0.2, -0.15) is 0 Å². The monoisotopic (exact) mass is 777 g/mol. The molecule has 3 heterocycles. The van der Waals surface area contributed by atoms with Crippen LogP contribution in [0.4, 0.5) is 0 Å². The van der Waals surface area contributed by atoms with Gasteiger partial charge >= 0.3 is 5.97 Å². The highest BCUT2D eigenvalue weighted by Crippen LogP contribution is 2.42. The number of Topliss-reactive ketones (excluding diaryl/α,β-unsaturated/α-hetero) is 1. The molecule has 0 aromatic heterocycles. The number of rotatable bonds is 11. The molecule has 5 N–H and O–H groups in total. The number of ether oxygens (including phenoxy) is 8. The highest BCUT2D eigenvalue weighted by atomic mass is 16.7. The molecule has 3 fully saturated rings. The predicted molar refractivity (Wildman–Crippen MR) is 197 cm³/mol. The summed E-state index contributed by atoms with van der Waals surface area (Å²) in [6.07, 6.45) is -8.16. The van der Waals surface area contributed by atoms with E-state index in [4.69, 9.17) is 37.9 Å². The van der Waals surface area contributed by atoms with Gasteiger partial charge in [-0.1, -0.05) is 27.7 Å². The molecule has 18 atom stereocenters. The minimum absolute atomic E-state index is 0.0340. The first-order valence-electron chi connectivity index (χ1n) is 19.6. The van der Waals surface area contributed by atoms with Crippen LogP contribution >= 0.6 is 0 Å². The molecule has 0 bridgehead atoms. The van der Waals surface area contributed by atoms with Gasteiger partial charge < -0.3 is 63.6 Å². The van der Waals surface area contributed by atoms with Crippen molar-refractivity contribution >= 4 is 11.8 Å². The molecular weight excluding hydrogens is 706 g/mol. The number of carbonyl (C=O) groups excluding carboxylic acids is 2. The third-order valence-electron chi connectivity index (χ3n) is 12.4. The van der Waals surface area contributed by atoms with Gasteiger partial charge in [0.2, 0.25) is 0 Å². The van der Waals surface area contributed by atoms with Crippen LogP contribution in [-0.4, -0.2) is 151 Å². The van der Waals surface area contributed by atoms with E-state index in [-0.39, 0.29) is 50.4 Å². The van der Waals surface area contributed by atoms with Crippen molar-refractivity contribution in [1.82, 2.24) is 5.32 Å². The second-order valence-corrected chi connectivity index (χ2v) is 16.6. The zero-order valence-corrected chi connectivity index (χ0v) is 34.8.